The Morgan fingerprint density at radius 3 is 2.76 bits per heavy atom. The summed E-state index contributed by atoms with van der Waals surface area (Å²) in [4.78, 5) is 11.7. The molecule has 2 heterocycles. The van der Waals surface area contributed by atoms with Gasteiger partial charge in [-0.15, -0.1) is 5.10 Å². The Bertz CT molecular complexity index is 654. The van der Waals surface area contributed by atoms with Gasteiger partial charge in [-0.25, -0.2) is 4.68 Å². The van der Waals surface area contributed by atoms with Gasteiger partial charge in [-0.2, -0.15) is 18.3 Å². The maximum Gasteiger partial charge on any atom is 0.408 e. The fraction of sp³-hybridized carbons (Fsp3) is 0.400. The monoisotopic (exact) mass is 322 g/mol. The van der Waals surface area contributed by atoms with Crippen molar-refractivity contribution in [1.82, 2.24) is 24.8 Å². The lowest BCUT2D eigenvalue weighted by molar-refractivity contribution is -0.143. The number of nitrogens with one attached hydrogen (secondary N) is 1. The Labute approximate surface area is 121 Å². The average Bonchev–Trinajstić information content (AvgIpc) is 2.89. The van der Waals surface area contributed by atoms with E-state index in [-0.39, 0.29) is 15.4 Å². The summed E-state index contributed by atoms with van der Waals surface area (Å²) in [6, 6.07) is 0. The number of rotatable bonds is 5. The van der Waals surface area contributed by atoms with Crippen LogP contribution in [0.1, 0.15) is 0 Å². The van der Waals surface area contributed by atoms with Crippen LogP contribution in [0.2, 0.25) is 5.02 Å². The van der Waals surface area contributed by atoms with E-state index in [1.807, 2.05) is 0 Å². The first-order valence-corrected chi connectivity index (χ1v) is 6.15. The second-order valence-corrected chi connectivity index (χ2v) is 4.42. The first-order valence-electron chi connectivity index (χ1n) is 5.77. The number of hydrogen-bond donors (Lipinski definition) is 1. The first-order chi connectivity index (χ1) is 9.87. The average molecular weight is 323 g/mol. The van der Waals surface area contributed by atoms with Gasteiger partial charge in [0.1, 0.15) is 11.6 Å². The molecule has 1 N–H and O–H groups in total. The Morgan fingerprint density at radius 2 is 2.14 bits per heavy atom. The summed E-state index contributed by atoms with van der Waals surface area (Å²) in [7, 11) is 0. The van der Waals surface area contributed by atoms with Crippen molar-refractivity contribution in [2.75, 3.05) is 11.9 Å². The van der Waals surface area contributed by atoms with Gasteiger partial charge < -0.3 is 5.32 Å². The molecule has 0 unspecified atom stereocenters. The summed E-state index contributed by atoms with van der Waals surface area (Å²) in [5, 5.41) is 13.2. The smallest absolute Gasteiger partial charge is 0.381 e. The Morgan fingerprint density at radius 1 is 1.38 bits per heavy atom. The summed E-state index contributed by atoms with van der Waals surface area (Å²) < 4.78 is 38.5. The third kappa shape index (κ3) is 4.18. The lowest BCUT2D eigenvalue weighted by Crippen LogP contribution is -2.31. The molecule has 21 heavy (non-hydrogen) atoms. The third-order valence-electron chi connectivity index (χ3n) is 2.44. The SMILES string of the molecule is O=c1c(Cl)c(NCCn2ccnn2)cnn1CC(F)(F)F. The molecule has 2 aromatic heterocycles. The minimum atomic E-state index is -4.54. The molecule has 0 radical (unpaired) electrons. The van der Waals surface area contributed by atoms with Crippen molar-refractivity contribution < 1.29 is 13.2 Å². The van der Waals surface area contributed by atoms with E-state index in [2.05, 4.69) is 20.7 Å². The normalized spacial score (nSPS) is 11.6. The van der Waals surface area contributed by atoms with E-state index < -0.39 is 18.3 Å². The molecule has 11 heteroatoms. The van der Waals surface area contributed by atoms with Gasteiger partial charge >= 0.3 is 6.18 Å². The Kier molecular flexibility index (Phi) is 4.46. The number of nitrogens with zero attached hydrogens (tertiary/aromatic N) is 5. The van der Waals surface area contributed by atoms with Crippen molar-refractivity contribution in [3.05, 3.63) is 34.0 Å². The molecule has 114 valence electrons. The van der Waals surface area contributed by atoms with Crippen LogP contribution < -0.4 is 10.9 Å². The molecular formula is C10H10ClF3N6O. The van der Waals surface area contributed by atoms with E-state index in [4.69, 9.17) is 11.6 Å². The molecular weight excluding hydrogens is 313 g/mol. The lowest BCUT2D eigenvalue weighted by atomic mass is 10.4. The zero-order valence-electron chi connectivity index (χ0n) is 10.5. The molecule has 0 fully saturated rings. The van der Waals surface area contributed by atoms with Crippen LogP contribution in [0.3, 0.4) is 0 Å². The molecule has 7 nitrogen and oxygen atoms in total. The van der Waals surface area contributed by atoms with Crippen LogP contribution in [0.5, 0.6) is 0 Å². The van der Waals surface area contributed by atoms with Crippen LogP contribution in [-0.2, 0) is 13.1 Å². The van der Waals surface area contributed by atoms with E-state index in [0.29, 0.717) is 13.1 Å². The zero-order chi connectivity index (χ0) is 15.5. The molecule has 0 aliphatic rings. The predicted molar refractivity (Wildman–Crippen MR) is 68.1 cm³/mol. The van der Waals surface area contributed by atoms with Crippen molar-refractivity contribution in [3.8, 4) is 0 Å². The van der Waals surface area contributed by atoms with Crippen molar-refractivity contribution in [2.45, 2.75) is 19.3 Å². The summed E-state index contributed by atoms with van der Waals surface area (Å²) >= 11 is 5.75. The molecule has 0 atom stereocenters. The van der Waals surface area contributed by atoms with E-state index in [1.54, 1.807) is 10.9 Å². The summed E-state index contributed by atoms with van der Waals surface area (Å²) in [5.41, 5.74) is -0.833. The predicted octanol–water partition coefficient (Wildman–Crippen LogP) is 1.16. The topological polar surface area (TPSA) is 77.6 Å². The van der Waals surface area contributed by atoms with E-state index in [1.165, 1.54) is 6.20 Å². The molecule has 0 bridgehead atoms. The van der Waals surface area contributed by atoms with E-state index >= 15 is 0 Å². The van der Waals surface area contributed by atoms with Crippen molar-refractivity contribution in [2.24, 2.45) is 0 Å². The number of anilines is 1. The Hall–Kier alpha value is -2.10. The molecule has 0 saturated heterocycles. The maximum absolute atomic E-state index is 12.2. The second kappa shape index (κ2) is 6.12. The van der Waals surface area contributed by atoms with Crippen LogP contribution in [0.15, 0.2) is 23.4 Å². The second-order valence-electron chi connectivity index (χ2n) is 4.04. The largest absolute Gasteiger partial charge is 0.408 e. The number of halogens is 4. The minimum absolute atomic E-state index is 0.167. The molecule has 2 rings (SSSR count). The van der Waals surface area contributed by atoms with Gasteiger partial charge in [-0.05, 0) is 0 Å². The zero-order valence-corrected chi connectivity index (χ0v) is 11.3. The fourth-order valence-corrected chi connectivity index (χ4v) is 1.74. The number of hydrogen-bond acceptors (Lipinski definition) is 5. The van der Waals surface area contributed by atoms with Crippen LogP contribution in [-0.4, -0.2) is 37.5 Å². The van der Waals surface area contributed by atoms with Gasteiger partial charge in [-0.3, -0.25) is 9.48 Å². The van der Waals surface area contributed by atoms with Crippen molar-refractivity contribution in [3.63, 3.8) is 0 Å². The third-order valence-corrected chi connectivity index (χ3v) is 2.81. The van der Waals surface area contributed by atoms with Crippen LogP contribution in [0.25, 0.3) is 0 Å². The maximum atomic E-state index is 12.2. The summed E-state index contributed by atoms with van der Waals surface area (Å²) in [6.07, 6.45) is -0.311. The standard InChI is InChI=1S/C10H10ClF3N6O/c11-8-7(15-1-3-19-4-2-16-18-19)5-17-20(9(8)21)6-10(12,13)14/h2,4-5,15H,1,3,6H2. The molecule has 0 amide bonds. The molecule has 0 aliphatic carbocycles. The molecule has 0 aliphatic heterocycles. The quantitative estimate of drug-likeness (QED) is 0.894. The lowest BCUT2D eigenvalue weighted by Gasteiger charge is -2.11. The van der Waals surface area contributed by atoms with Gasteiger partial charge in [0.25, 0.3) is 5.56 Å². The highest BCUT2D eigenvalue weighted by molar-refractivity contribution is 6.32. The van der Waals surface area contributed by atoms with Gasteiger partial charge in [0, 0.05) is 12.7 Å². The fourth-order valence-electron chi connectivity index (χ4n) is 1.53. The first kappa shape index (κ1) is 15.3. The van der Waals surface area contributed by atoms with Crippen molar-refractivity contribution >= 4 is 17.3 Å². The van der Waals surface area contributed by atoms with E-state index in [9.17, 15) is 18.0 Å². The number of alkyl halides is 3. The van der Waals surface area contributed by atoms with E-state index in [0.717, 1.165) is 6.20 Å². The van der Waals surface area contributed by atoms with Gasteiger partial charge in [0.15, 0.2) is 0 Å². The molecule has 0 spiro atoms. The number of aromatic nitrogens is 5. The highest BCUT2D eigenvalue weighted by Gasteiger charge is 2.29. The van der Waals surface area contributed by atoms with Crippen LogP contribution >= 0.6 is 11.6 Å². The highest BCUT2D eigenvalue weighted by Crippen LogP contribution is 2.18. The van der Waals surface area contributed by atoms with Gasteiger partial charge in [-0.1, -0.05) is 16.8 Å². The molecule has 0 aromatic carbocycles. The summed E-state index contributed by atoms with van der Waals surface area (Å²) in [5.74, 6) is 0. The minimum Gasteiger partial charge on any atom is -0.381 e. The van der Waals surface area contributed by atoms with Gasteiger partial charge in [0.2, 0.25) is 0 Å². The summed E-state index contributed by atoms with van der Waals surface area (Å²) in [6.45, 7) is -0.680. The highest BCUT2D eigenvalue weighted by atomic mass is 35.5. The van der Waals surface area contributed by atoms with Crippen LogP contribution in [0.4, 0.5) is 18.9 Å². The molecule has 2 aromatic rings. The molecule has 0 saturated carbocycles. The Balaban J connectivity index is 2.04. The van der Waals surface area contributed by atoms with Crippen LogP contribution in [0, 0.1) is 0 Å². The van der Waals surface area contributed by atoms with Gasteiger partial charge in [0.05, 0.1) is 24.6 Å². The van der Waals surface area contributed by atoms with Crippen molar-refractivity contribution in [1.29, 1.82) is 0 Å².